The lowest BCUT2D eigenvalue weighted by Gasteiger charge is -2.28. The maximum absolute atomic E-state index is 5.73. The number of methoxy groups -OCH3 is 1. The summed E-state index contributed by atoms with van der Waals surface area (Å²) in [7, 11) is 1.80. The van der Waals surface area contributed by atoms with Crippen LogP contribution in [0.3, 0.4) is 0 Å². The van der Waals surface area contributed by atoms with E-state index in [0.717, 1.165) is 25.7 Å². The van der Waals surface area contributed by atoms with Crippen molar-refractivity contribution in [2.75, 3.05) is 7.11 Å². The minimum Gasteiger partial charge on any atom is -0.381 e. The van der Waals surface area contributed by atoms with Gasteiger partial charge in [-0.25, -0.2) is 0 Å². The monoisotopic (exact) mass is 172 g/mol. The fourth-order valence-electron chi connectivity index (χ4n) is 1.79. The first-order valence-electron chi connectivity index (χ1n) is 4.90. The van der Waals surface area contributed by atoms with Crippen molar-refractivity contribution in [2.45, 2.75) is 57.8 Å². The molecule has 1 rings (SSSR count). The van der Waals surface area contributed by atoms with Crippen molar-refractivity contribution < 1.29 is 9.47 Å². The highest BCUT2D eigenvalue weighted by atomic mass is 16.5. The van der Waals surface area contributed by atoms with Gasteiger partial charge in [0, 0.05) is 7.11 Å². The average molecular weight is 172 g/mol. The third-order valence-electron chi connectivity index (χ3n) is 2.42. The van der Waals surface area contributed by atoms with Gasteiger partial charge in [-0.3, -0.25) is 0 Å². The Bertz CT molecular complexity index is 115. The van der Waals surface area contributed by atoms with Gasteiger partial charge in [-0.2, -0.15) is 0 Å². The molecule has 0 aromatic heterocycles. The SMILES string of the molecule is CO[C@H]1CC[C@H](OC(C)C)CC1. The topological polar surface area (TPSA) is 18.5 Å². The Balaban J connectivity index is 2.17. The zero-order valence-electron chi connectivity index (χ0n) is 8.38. The van der Waals surface area contributed by atoms with E-state index in [1.807, 2.05) is 0 Å². The van der Waals surface area contributed by atoms with Gasteiger partial charge in [-0.15, -0.1) is 0 Å². The lowest BCUT2D eigenvalue weighted by molar-refractivity contribution is -0.0417. The van der Waals surface area contributed by atoms with E-state index in [2.05, 4.69) is 13.8 Å². The van der Waals surface area contributed by atoms with Crippen LogP contribution in [0.2, 0.25) is 0 Å². The van der Waals surface area contributed by atoms with Crippen LogP contribution in [-0.2, 0) is 9.47 Å². The molecule has 1 fully saturated rings. The predicted octanol–water partition coefficient (Wildman–Crippen LogP) is 2.37. The van der Waals surface area contributed by atoms with Crippen LogP contribution in [0.15, 0.2) is 0 Å². The van der Waals surface area contributed by atoms with Crippen LogP contribution in [0.25, 0.3) is 0 Å². The third kappa shape index (κ3) is 3.11. The second-order valence-electron chi connectivity index (χ2n) is 3.82. The smallest absolute Gasteiger partial charge is 0.0580 e. The van der Waals surface area contributed by atoms with Crippen molar-refractivity contribution in [3.63, 3.8) is 0 Å². The Morgan fingerprint density at radius 3 is 1.92 bits per heavy atom. The van der Waals surface area contributed by atoms with Crippen LogP contribution in [0.1, 0.15) is 39.5 Å². The van der Waals surface area contributed by atoms with E-state index in [-0.39, 0.29) is 0 Å². The zero-order chi connectivity index (χ0) is 8.97. The maximum atomic E-state index is 5.73. The first kappa shape index (κ1) is 10.0. The molecule has 0 heterocycles. The minimum absolute atomic E-state index is 0.370. The number of hydrogen-bond acceptors (Lipinski definition) is 2. The molecule has 1 aliphatic rings. The van der Waals surface area contributed by atoms with Gasteiger partial charge < -0.3 is 9.47 Å². The Morgan fingerprint density at radius 2 is 1.50 bits per heavy atom. The van der Waals surface area contributed by atoms with E-state index >= 15 is 0 Å². The zero-order valence-corrected chi connectivity index (χ0v) is 8.38. The van der Waals surface area contributed by atoms with Crippen molar-refractivity contribution in [1.82, 2.24) is 0 Å². The molecular weight excluding hydrogens is 152 g/mol. The van der Waals surface area contributed by atoms with Gasteiger partial charge in [0.05, 0.1) is 18.3 Å². The molecular formula is C10H20O2. The molecule has 0 amide bonds. The van der Waals surface area contributed by atoms with Crippen LogP contribution in [0, 0.1) is 0 Å². The number of hydrogen-bond donors (Lipinski definition) is 0. The molecule has 1 saturated carbocycles. The molecule has 0 unspecified atom stereocenters. The van der Waals surface area contributed by atoms with Crippen LogP contribution in [0.4, 0.5) is 0 Å². The molecule has 0 spiro atoms. The molecule has 0 aliphatic heterocycles. The van der Waals surface area contributed by atoms with E-state index in [1.54, 1.807) is 7.11 Å². The van der Waals surface area contributed by atoms with Crippen molar-refractivity contribution >= 4 is 0 Å². The Morgan fingerprint density at radius 1 is 1.00 bits per heavy atom. The van der Waals surface area contributed by atoms with Crippen molar-refractivity contribution in [1.29, 1.82) is 0 Å². The van der Waals surface area contributed by atoms with Gasteiger partial charge in [0.1, 0.15) is 0 Å². The van der Waals surface area contributed by atoms with Gasteiger partial charge in [0.25, 0.3) is 0 Å². The molecule has 72 valence electrons. The fraction of sp³-hybridized carbons (Fsp3) is 1.00. The second kappa shape index (κ2) is 4.83. The predicted molar refractivity (Wildman–Crippen MR) is 49.3 cm³/mol. The van der Waals surface area contributed by atoms with Crippen LogP contribution < -0.4 is 0 Å². The van der Waals surface area contributed by atoms with E-state index < -0.39 is 0 Å². The quantitative estimate of drug-likeness (QED) is 0.650. The minimum atomic E-state index is 0.370. The summed E-state index contributed by atoms with van der Waals surface area (Å²) in [5.74, 6) is 0. The summed E-state index contributed by atoms with van der Waals surface area (Å²) in [4.78, 5) is 0. The normalized spacial score (nSPS) is 31.0. The Hall–Kier alpha value is -0.0800. The highest BCUT2D eigenvalue weighted by molar-refractivity contribution is 4.73. The molecule has 0 aromatic carbocycles. The molecule has 0 radical (unpaired) electrons. The van der Waals surface area contributed by atoms with E-state index in [1.165, 1.54) is 0 Å². The summed E-state index contributed by atoms with van der Waals surface area (Å²) >= 11 is 0. The van der Waals surface area contributed by atoms with Gasteiger partial charge in [-0.1, -0.05) is 0 Å². The van der Waals surface area contributed by atoms with Gasteiger partial charge in [0.2, 0.25) is 0 Å². The average Bonchev–Trinajstić information content (AvgIpc) is 2.05. The van der Waals surface area contributed by atoms with E-state index in [9.17, 15) is 0 Å². The fourth-order valence-corrected chi connectivity index (χ4v) is 1.79. The van der Waals surface area contributed by atoms with Gasteiger partial charge in [-0.05, 0) is 39.5 Å². The molecule has 0 saturated heterocycles. The largest absolute Gasteiger partial charge is 0.381 e. The van der Waals surface area contributed by atoms with E-state index in [4.69, 9.17) is 9.47 Å². The number of ether oxygens (including phenoxy) is 2. The Labute approximate surface area is 75.2 Å². The van der Waals surface area contributed by atoms with Crippen LogP contribution >= 0.6 is 0 Å². The second-order valence-corrected chi connectivity index (χ2v) is 3.82. The van der Waals surface area contributed by atoms with Crippen molar-refractivity contribution in [3.8, 4) is 0 Å². The van der Waals surface area contributed by atoms with Crippen molar-refractivity contribution in [3.05, 3.63) is 0 Å². The van der Waals surface area contributed by atoms with Gasteiger partial charge in [0.15, 0.2) is 0 Å². The highest BCUT2D eigenvalue weighted by Gasteiger charge is 2.21. The first-order valence-corrected chi connectivity index (χ1v) is 4.90. The summed E-state index contributed by atoms with van der Waals surface area (Å²) in [6, 6.07) is 0. The van der Waals surface area contributed by atoms with Crippen LogP contribution in [0.5, 0.6) is 0 Å². The molecule has 2 heteroatoms. The first-order chi connectivity index (χ1) is 5.72. The summed E-state index contributed by atoms with van der Waals surface area (Å²) in [6.45, 7) is 4.20. The summed E-state index contributed by atoms with van der Waals surface area (Å²) in [5.41, 5.74) is 0. The lowest BCUT2D eigenvalue weighted by Crippen LogP contribution is -2.27. The molecule has 0 atom stereocenters. The highest BCUT2D eigenvalue weighted by Crippen LogP contribution is 2.23. The van der Waals surface area contributed by atoms with Crippen LogP contribution in [-0.4, -0.2) is 25.4 Å². The molecule has 1 aliphatic carbocycles. The molecule has 0 bridgehead atoms. The number of rotatable bonds is 3. The molecule has 0 N–H and O–H groups in total. The molecule has 0 aromatic rings. The molecule has 12 heavy (non-hydrogen) atoms. The van der Waals surface area contributed by atoms with E-state index in [0.29, 0.717) is 18.3 Å². The van der Waals surface area contributed by atoms with Gasteiger partial charge >= 0.3 is 0 Å². The summed E-state index contributed by atoms with van der Waals surface area (Å²) < 4.78 is 11.0. The maximum Gasteiger partial charge on any atom is 0.0580 e. The molecule has 2 nitrogen and oxygen atoms in total. The summed E-state index contributed by atoms with van der Waals surface area (Å²) in [5, 5.41) is 0. The Kier molecular flexibility index (Phi) is 4.02. The lowest BCUT2D eigenvalue weighted by atomic mass is 9.95. The standard InChI is InChI=1S/C10H20O2/c1-8(2)12-10-6-4-9(11-3)5-7-10/h8-10H,4-7H2,1-3H3/t9-,10-. The third-order valence-corrected chi connectivity index (χ3v) is 2.42. The van der Waals surface area contributed by atoms with Crippen molar-refractivity contribution in [2.24, 2.45) is 0 Å². The summed E-state index contributed by atoms with van der Waals surface area (Å²) in [6.07, 6.45) is 5.98.